The van der Waals surface area contributed by atoms with Crippen molar-refractivity contribution in [1.82, 2.24) is 5.32 Å². The third-order valence-electron chi connectivity index (χ3n) is 3.66. The van der Waals surface area contributed by atoms with Crippen molar-refractivity contribution in [3.8, 4) is 11.5 Å². The molecule has 0 saturated carbocycles. The molecule has 0 heterocycles. The second-order valence-corrected chi connectivity index (χ2v) is 5.53. The Hall–Kier alpha value is -1.98. The van der Waals surface area contributed by atoms with Crippen LogP contribution in [-0.4, -0.2) is 38.1 Å². The number of amides is 1. The molecule has 0 aliphatic carbocycles. The Kier molecular flexibility index (Phi) is 8.22. The number of benzene rings is 1. The highest BCUT2D eigenvalue weighted by atomic mass is 19.1. The molecular formula is C17H26FNO4. The van der Waals surface area contributed by atoms with E-state index in [-0.39, 0.29) is 12.7 Å². The van der Waals surface area contributed by atoms with Gasteiger partial charge in [-0.2, -0.15) is 0 Å². The van der Waals surface area contributed by atoms with Gasteiger partial charge in [-0.15, -0.1) is 0 Å². The van der Waals surface area contributed by atoms with Crippen LogP contribution in [0.15, 0.2) is 12.1 Å². The molecule has 0 radical (unpaired) electrons. The number of unbranched alkanes of at least 4 members (excludes halogenated alkanes) is 2. The summed E-state index contributed by atoms with van der Waals surface area (Å²) in [4.78, 5) is 10.7. The number of carbonyl (C=O) groups is 1. The molecule has 1 aromatic rings. The lowest BCUT2D eigenvalue weighted by Gasteiger charge is -2.17. The van der Waals surface area contributed by atoms with Crippen molar-refractivity contribution in [3.05, 3.63) is 23.3 Å². The Labute approximate surface area is 136 Å². The highest BCUT2D eigenvalue weighted by Gasteiger charge is 2.14. The predicted molar refractivity (Wildman–Crippen MR) is 87.4 cm³/mol. The maximum atomic E-state index is 12.2. The number of ether oxygens (including phenoxy) is 2. The van der Waals surface area contributed by atoms with Crippen LogP contribution in [0.2, 0.25) is 0 Å². The van der Waals surface area contributed by atoms with Gasteiger partial charge in [-0.1, -0.05) is 6.42 Å². The molecular weight excluding hydrogens is 301 g/mol. The van der Waals surface area contributed by atoms with E-state index in [4.69, 9.17) is 14.6 Å². The first-order valence-electron chi connectivity index (χ1n) is 7.81. The first kappa shape index (κ1) is 19.1. The summed E-state index contributed by atoms with van der Waals surface area (Å²) in [5.74, 6) is 1.47. The number of aryl methyl sites for hydroxylation is 1. The van der Waals surface area contributed by atoms with E-state index >= 15 is 0 Å². The minimum absolute atomic E-state index is 0.235. The standard InChI is InChI=1S/C17H26FNO4/c1-12(19-17(20)21)9-14-11-15(22-2)13(10-16(14)23-3)7-5-4-6-8-18/h10-12,19H,4-9H2,1-3H3,(H,20,21). The first-order valence-corrected chi connectivity index (χ1v) is 7.81. The van der Waals surface area contributed by atoms with Crippen LogP contribution in [0.3, 0.4) is 0 Å². The van der Waals surface area contributed by atoms with Crippen LogP contribution in [0.4, 0.5) is 9.18 Å². The number of alkyl halides is 1. The van der Waals surface area contributed by atoms with E-state index in [1.54, 1.807) is 21.1 Å². The van der Waals surface area contributed by atoms with E-state index < -0.39 is 6.09 Å². The largest absolute Gasteiger partial charge is 0.496 e. The maximum Gasteiger partial charge on any atom is 0.404 e. The van der Waals surface area contributed by atoms with Crippen LogP contribution in [-0.2, 0) is 12.8 Å². The van der Waals surface area contributed by atoms with E-state index in [9.17, 15) is 9.18 Å². The van der Waals surface area contributed by atoms with E-state index in [1.807, 2.05) is 12.1 Å². The molecule has 1 atom stereocenters. The van der Waals surface area contributed by atoms with E-state index in [2.05, 4.69) is 5.32 Å². The second kappa shape index (κ2) is 9.92. The average Bonchev–Trinajstić information content (AvgIpc) is 2.51. The molecule has 0 fully saturated rings. The highest BCUT2D eigenvalue weighted by Crippen LogP contribution is 2.31. The van der Waals surface area contributed by atoms with Crippen LogP contribution in [0.25, 0.3) is 0 Å². The summed E-state index contributed by atoms with van der Waals surface area (Å²) in [7, 11) is 3.20. The molecule has 0 bridgehead atoms. The fourth-order valence-electron chi connectivity index (χ4n) is 2.56. The van der Waals surface area contributed by atoms with Gasteiger partial charge in [-0.25, -0.2) is 4.79 Å². The van der Waals surface area contributed by atoms with Crippen molar-refractivity contribution in [3.63, 3.8) is 0 Å². The van der Waals surface area contributed by atoms with Gasteiger partial charge in [-0.3, -0.25) is 4.39 Å². The van der Waals surface area contributed by atoms with Crippen LogP contribution in [0.1, 0.15) is 37.3 Å². The topological polar surface area (TPSA) is 67.8 Å². The van der Waals surface area contributed by atoms with Crippen molar-refractivity contribution in [2.45, 2.75) is 45.1 Å². The third kappa shape index (κ3) is 6.34. The van der Waals surface area contributed by atoms with Crippen molar-refractivity contribution in [2.24, 2.45) is 0 Å². The third-order valence-corrected chi connectivity index (χ3v) is 3.66. The van der Waals surface area contributed by atoms with Crippen molar-refractivity contribution in [2.75, 3.05) is 20.9 Å². The minimum Gasteiger partial charge on any atom is -0.496 e. The van der Waals surface area contributed by atoms with Gasteiger partial charge in [0.05, 0.1) is 20.9 Å². The molecule has 1 rings (SSSR count). The quantitative estimate of drug-likeness (QED) is 0.645. The van der Waals surface area contributed by atoms with E-state index in [0.29, 0.717) is 18.6 Å². The van der Waals surface area contributed by atoms with Crippen molar-refractivity contribution in [1.29, 1.82) is 0 Å². The SMILES string of the molecule is COc1cc(CC(C)NC(=O)O)c(OC)cc1CCCCCF. The molecule has 0 saturated heterocycles. The monoisotopic (exact) mass is 327 g/mol. The fraction of sp³-hybridized carbons (Fsp3) is 0.588. The molecule has 0 spiro atoms. The maximum absolute atomic E-state index is 12.2. The summed E-state index contributed by atoms with van der Waals surface area (Å²) in [5, 5.41) is 11.2. The molecule has 130 valence electrons. The Bertz CT molecular complexity index is 508. The first-order chi connectivity index (χ1) is 11.0. The molecule has 0 aliphatic rings. The molecule has 1 amide bonds. The van der Waals surface area contributed by atoms with Gasteiger partial charge >= 0.3 is 6.09 Å². The number of nitrogens with one attached hydrogen (secondary N) is 1. The van der Waals surface area contributed by atoms with Gasteiger partial charge in [0.2, 0.25) is 0 Å². The molecule has 23 heavy (non-hydrogen) atoms. The zero-order chi connectivity index (χ0) is 17.2. The van der Waals surface area contributed by atoms with Crippen LogP contribution >= 0.6 is 0 Å². The molecule has 5 nitrogen and oxygen atoms in total. The number of hydrogen-bond donors (Lipinski definition) is 2. The van der Waals surface area contributed by atoms with Gasteiger partial charge in [0.15, 0.2) is 0 Å². The van der Waals surface area contributed by atoms with Crippen LogP contribution in [0, 0.1) is 0 Å². The molecule has 1 aromatic carbocycles. The fourth-order valence-corrected chi connectivity index (χ4v) is 2.56. The summed E-state index contributed by atoms with van der Waals surface area (Å²) < 4.78 is 23.0. The van der Waals surface area contributed by atoms with Gasteiger partial charge < -0.3 is 19.9 Å². The predicted octanol–water partition coefficient (Wildman–Crippen LogP) is 3.58. The number of carboxylic acid groups (broad SMARTS) is 1. The zero-order valence-corrected chi connectivity index (χ0v) is 14.0. The molecule has 0 aliphatic heterocycles. The summed E-state index contributed by atoms with van der Waals surface area (Å²) in [5.41, 5.74) is 1.91. The molecule has 6 heteroatoms. The smallest absolute Gasteiger partial charge is 0.404 e. The van der Waals surface area contributed by atoms with Gasteiger partial charge in [-0.05, 0) is 55.9 Å². The Morgan fingerprint density at radius 1 is 1.17 bits per heavy atom. The lowest BCUT2D eigenvalue weighted by atomic mass is 9.99. The second-order valence-electron chi connectivity index (χ2n) is 5.53. The van der Waals surface area contributed by atoms with Gasteiger partial charge in [0, 0.05) is 6.04 Å². The molecule has 1 unspecified atom stereocenters. The van der Waals surface area contributed by atoms with Gasteiger partial charge in [0.1, 0.15) is 11.5 Å². The summed E-state index contributed by atoms with van der Waals surface area (Å²) >= 11 is 0. The lowest BCUT2D eigenvalue weighted by molar-refractivity contribution is 0.190. The Morgan fingerprint density at radius 3 is 2.35 bits per heavy atom. The van der Waals surface area contributed by atoms with Gasteiger partial charge in [0.25, 0.3) is 0 Å². The van der Waals surface area contributed by atoms with E-state index in [1.165, 1.54) is 0 Å². The van der Waals surface area contributed by atoms with E-state index in [0.717, 1.165) is 36.1 Å². The average molecular weight is 327 g/mol. The zero-order valence-electron chi connectivity index (χ0n) is 14.0. The normalized spacial score (nSPS) is 11.8. The van der Waals surface area contributed by atoms with Crippen molar-refractivity contribution >= 4 is 6.09 Å². The summed E-state index contributed by atoms with van der Waals surface area (Å²) in [6.07, 6.45) is 2.56. The highest BCUT2D eigenvalue weighted by molar-refractivity contribution is 5.64. The minimum atomic E-state index is -1.05. The number of halogens is 1. The van der Waals surface area contributed by atoms with Crippen LogP contribution < -0.4 is 14.8 Å². The summed E-state index contributed by atoms with van der Waals surface area (Å²) in [6.45, 7) is 1.51. The number of rotatable bonds is 10. The summed E-state index contributed by atoms with van der Waals surface area (Å²) in [6, 6.07) is 3.59. The lowest BCUT2D eigenvalue weighted by Crippen LogP contribution is -2.32. The van der Waals surface area contributed by atoms with Crippen LogP contribution in [0.5, 0.6) is 11.5 Å². The molecule has 2 N–H and O–H groups in total. The Balaban J connectivity index is 2.89. The number of methoxy groups -OCH3 is 2. The Morgan fingerprint density at radius 2 is 1.78 bits per heavy atom. The molecule has 0 aromatic heterocycles. The van der Waals surface area contributed by atoms with Crippen molar-refractivity contribution < 1.29 is 23.8 Å². The number of hydrogen-bond acceptors (Lipinski definition) is 3.